The van der Waals surface area contributed by atoms with E-state index < -0.39 is 5.91 Å². The van der Waals surface area contributed by atoms with E-state index in [1.165, 1.54) is 4.88 Å². The summed E-state index contributed by atoms with van der Waals surface area (Å²) in [7, 11) is 0. The zero-order chi connectivity index (χ0) is 24.6. The molecule has 2 aliphatic rings. The highest BCUT2D eigenvalue weighted by molar-refractivity contribution is 8.18. The minimum Gasteiger partial charge on any atom is -0.351 e. The first-order valence-electron chi connectivity index (χ1n) is 11.5. The normalized spacial score (nSPS) is 22.4. The molecule has 3 heterocycles. The average molecular weight is 509 g/mol. The maximum Gasteiger partial charge on any atom is 0.290 e. The van der Waals surface area contributed by atoms with Crippen molar-refractivity contribution in [3.05, 3.63) is 64.2 Å². The minimum atomic E-state index is -0.408. The fourth-order valence-corrected chi connectivity index (χ4v) is 5.35. The number of carbonyl (C=O) groups is 2. The molecule has 35 heavy (non-hydrogen) atoms. The number of hydrogen-bond acceptors (Lipinski definition) is 7. The lowest BCUT2D eigenvalue weighted by atomic mass is 9.91. The van der Waals surface area contributed by atoms with E-state index in [2.05, 4.69) is 62.3 Å². The molecule has 1 saturated carbocycles. The number of hydrogen-bond donors (Lipinski definition) is 3. The molecule has 0 radical (unpaired) electrons. The Balaban J connectivity index is 1.27. The SMILES string of the molecule is C=N\C(=N/C(=C\C)/C=C1\SC(=O)NC1=O)N[C@H]1CC[C@@H](NCc2cccc(-c3cccs3)n2)CC1. The smallest absolute Gasteiger partial charge is 0.290 e. The standard InChI is InChI=1S/C25H28N6O2S2/c1-3-16(14-22-23(32)31-25(33)35-22)29-24(26-2)30-18-11-9-17(10-12-18)27-15-19-6-4-7-20(28-19)21-8-5-13-34-21/h3-8,13-14,17-18,27H,2,9-12,15H2,1H3,(H,29,30)(H,31,32,33)/b16-3-,22-14-/t17-,18+. The van der Waals surface area contributed by atoms with Crippen LogP contribution in [0.3, 0.4) is 0 Å². The van der Waals surface area contributed by atoms with Gasteiger partial charge in [0.25, 0.3) is 11.1 Å². The summed E-state index contributed by atoms with van der Waals surface area (Å²) in [5.41, 5.74) is 2.61. The molecule has 4 rings (SSSR count). The number of aliphatic imine (C=N–C) groups is 2. The highest BCUT2D eigenvalue weighted by atomic mass is 32.2. The second-order valence-electron chi connectivity index (χ2n) is 8.22. The van der Waals surface area contributed by atoms with Gasteiger partial charge in [-0.15, -0.1) is 11.3 Å². The van der Waals surface area contributed by atoms with Crippen LogP contribution in [-0.2, 0) is 11.3 Å². The lowest BCUT2D eigenvalue weighted by Gasteiger charge is -2.30. The Kier molecular flexibility index (Phi) is 8.62. The molecule has 182 valence electrons. The quantitative estimate of drug-likeness (QED) is 0.286. The first-order valence-corrected chi connectivity index (χ1v) is 13.2. The zero-order valence-electron chi connectivity index (χ0n) is 19.5. The number of allylic oxidation sites excluding steroid dienone is 2. The van der Waals surface area contributed by atoms with Crippen LogP contribution in [0.5, 0.6) is 0 Å². The Morgan fingerprint density at radius 2 is 2.00 bits per heavy atom. The van der Waals surface area contributed by atoms with Crippen molar-refractivity contribution in [1.29, 1.82) is 0 Å². The summed E-state index contributed by atoms with van der Waals surface area (Å²) in [6, 6.07) is 11.0. The van der Waals surface area contributed by atoms with Crippen molar-refractivity contribution in [2.75, 3.05) is 0 Å². The molecule has 0 bridgehead atoms. The molecule has 2 aromatic rings. The van der Waals surface area contributed by atoms with E-state index in [9.17, 15) is 9.59 Å². The van der Waals surface area contributed by atoms with Gasteiger partial charge in [-0.2, -0.15) is 0 Å². The van der Waals surface area contributed by atoms with Gasteiger partial charge in [-0.25, -0.2) is 9.98 Å². The molecule has 0 aromatic carbocycles. The minimum absolute atomic E-state index is 0.245. The van der Waals surface area contributed by atoms with E-state index in [1.807, 2.05) is 13.0 Å². The number of aromatic nitrogens is 1. The van der Waals surface area contributed by atoms with Crippen LogP contribution in [0.2, 0.25) is 0 Å². The number of guanidine groups is 1. The van der Waals surface area contributed by atoms with Crippen LogP contribution in [-0.4, -0.2) is 40.9 Å². The summed E-state index contributed by atoms with van der Waals surface area (Å²) in [5.74, 6) is 0.00516. The predicted molar refractivity (Wildman–Crippen MR) is 144 cm³/mol. The Bertz CT molecular complexity index is 1160. The zero-order valence-corrected chi connectivity index (χ0v) is 21.1. The van der Waals surface area contributed by atoms with Gasteiger partial charge in [0, 0.05) is 18.6 Å². The molecular formula is C25H28N6O2S2. The van der Waals surface area contributed by atoms with Gasteiger partial charge in [0.05, 0.1) is 26.9 Å². The van der Waals surface area contributed by atoms with Crippen molar-refractivity contribution in [2.45, 2.75) is 51.2 Å². The maximum atomic E-state index is 11.8. The van der Waals surface area contributed by atoms with E-state index in [0.717, 1.165) is 55.4 Å². The summed E-state index contributed by atoms with van der Waals surface area (Å²) in [4.78, 5) is 38.0. The fourth-order valence-electron chi connectivity index (χ4n) is 3.98. The summed E-state index contributed by atoms with van der Waals surface area (Å²) in [6.45, 7) is 6.19. The lowest BCUT2D eigenvalue weighted by Crippen LogP contribution is -2.41. The van der Waals surface area contributed by atoms with Crippen LogP contribution in [0.4, 0.5) is 4.79 Å². The van der Waals surface area contributed by atoms with Gasteiger partial charge in [-0.3, -0.25) is 19.9 Å². The summed E-state index contributed by atoms with van der Waals surface area (Å²) >= 11 is 2.56. The van der Waals surface area contributed by atoms with Gasteiger partial charge < -0.3 is 10.6 Å². The second kappa shape index (κ2) is 12.1. The number of rotatable bonds is 7. The number of amides is 2. The molecule has 10 heteroatoms. The lowest BCUT2D eigenvalue weighted by molar-refractivity contribution is -0.115. The molecule has 1 aliphatic carbocycles. The second-order valence-corrected chi connectivity index (χ2v) is 10.2. The van der Waals surface area contributed by atoms with Gasteiger partial charge in [-0.05, 0) is 80.7 Å². The monoisotopic (exact) mass is 508 g/mol. The largest absolute Gasteiger partial charge is 0.351 e. The van der Waals surface area contributed by atoms with Crippen molar-refractivity contribution < 1.29 is 9.59 Å². The number of thioether (sulfide) groups is 1. The van der Waals surface area contributed by atoms with Crippen LogP contribution >= 0.6 is 23.1 Å². The molecule has 1 aliphatic heterocycles. The molecule has 3 N–H and O–H groups in total. The molecule has 0 atom stereocenters. The number of imide groups is 1. The van der Waals surface area contributed by atoms with E-state index in [0.29, 0.717) is 22.6 Å². The molecule has 0 unspecified atom stereocenters. The molecule has 2 amide bonds. The van der Waals surface area contributed by atoms with Crippen LogP contribution in [0.25, 0.3) is 10.6 Å². The molecular weight excluding hydrogens is 480 g/mol. The van der Waals surface area contributed by atoms with Gasteiger partial charge in [0.2, 0.25) is 5.96 Å². The number of carbonyl (C=O) groups excluding carboxylic acids is 2. The van der Waals surface area contributed by atoms with Crippen LogP contribution in [0.15, 0.2) is 68.5 Å². The third-order valence-electron chi connectivity index (χ3n) is 5.81. The molecule has 2 fully saturated rings. The van der Waals surface area contributed by atoms with Crippen LogP contribution in [0, 0.1) is 0 Å². The van der Waals surface area contributed by atoms with Crippen molar-refractivity contribution >= 4 is 46.9 Å². The average Bonchev–Trinajstić information content (AvgIpc) is 3.52. The van der Waals surface area contributed by atoms with Crippen molar-refractivity contribution in [1.82, 2.24) is 20.9 Å². The van der Waals surface area contributed by atoms with Crippen molar-refractivity contribution in [3.63, 3.8) is 0 Å². The first kappa shape index (κ1) is 25.0. The van der Waals surface area contributed by atoms with E-state index in [-0.39, 0.29) is 11.3 Å². The number of thiophene rings is 1. The fraction of sp³-hybridized carbons (Fsp3) is 0.320. The number of nitrogens with one attached hydrogen (secondary N) is 3. The highest BCUT2D eigenvalue weighted by Crippen LogP contribution is 2.25. The van der Waals surface area contributed by atoms with E-state index in [4.69, 9.17) is 4.98 Å². The molecule has 2 aromatic heterocycles. The topological polar surface area (TPSA) is 108 Å². The molecule has 8 nitrogen and oxygen atoms in total. The maximum absolute atomic E-state index is 11.8. The van der Waals surface area contributed by atoms with Crippen molar-refractivity contribution in [2.24, 2.45) is 9.98 Å². The molecule has 0 spiro atoms. The van der Waals surface area contributed by atoms with Gasteiger partial charge in [0.1, 0.15) is 0 Å². The predicted octanol–water partition coefficient (Wildman–Crippen LogP) is 4.63. The summed E-state index contributed by atoms with van der Waals surface area (Å²) in [5, 5.41) is 11.0. The molecule has 1 saturated heterocycles. The van der Waals surface area contributed by atoms with Gasteiger partial charge in [-0.1, -0.05) is 18.2 Å². The summed E-state index contributed by atoms with van der Waals surface area (Å²) in [6.07, 6.45) is 7.37. The Morgan fingerprint density at radius 1 is 1.20 bits per heavy atom. The van der Waals surface area contributed by atoms with E-state index in [1.54, 1.807) is 23.5 Å². The van der Waals surface area contributed by atoms with Gasteiger partial charge >= 0.3 is 0 Å². The third kappa shape index (κ3) is 6.97. The Labute approximate surface area is 213 Å². The van der Waals surface area contributed by atoms with Crippen LogP contribution in [0.1, 0.15) is 38.3 Å². The number of pyridine rings is 1. The van der Waals surface area contributed by atoms with Crippen molar-refractivity contribution in [3.8, 4) is 10.6 Å². The first-order chi connectivity index (χ1) is 17.0. The third-order valence-corrected chi connectivity index (χ3v) is 7.52. The van der Waals surface area contributed by atoms with Gasteiger partial charge in [0.15, 0.2) is 0 Å². The Morgan fingerprint density at radius 3 is 2.66 bits per heavy atom. The Hall–Kier alpha value is -3.08. The number of nitrogens with zero attached hydrogens (tertiary/aromatic N) is 3. The summed E-state index contributed by atoms with van der Waals surface area (Å²) < 4.78 is 0. The van der Waals surface area contributed by atoms with Crippen LogP contribution < -0.4 is 16.0 Å². The van der Waals surface area contributed by atoms with E-state index >= 15 is 0 Å². The highest BCUT2D eigenvalue weighted by Gasteiger charge is 2.25.